The van der Waals surface area contributed by atoms with Crippen LogP contribution in [0.15, 0.2) is 35.3 Å². The summed E-state index contributed by atoms with van der Waals surface area (Å²) in [6.07, 6.45) is -2.70. The van der Waals surface area contributed by atoms with Crippen LogP contribution in [0.4, 0.5) is 23.2 Å². The molecule has 4 nitrogen and oxygen atoms in total. The number of benzene rings is 1. The molecule has 26 heavy (non-hydrogen) atoms. The lowest BCUT2D eigenvalue weighted by Gasteiger charge is -2.30. The fourth-order valence-electron chi connectivity index (χ4n) is 3.00. The highest BCUT2D eigenvalue weighted by molar-refractivity contribution is 6.32. The maximum absolute atomic E-state index is 14.3. The van der Waals surface area contributed by atoms with Gasteiger partial charge in [-0.25, -0.2) is 4.39 Å². The van der Waals surface area contributed by atoms with Gasteiger partial charge in [0.05, 0.1) is 5.69 Å². The van der Waals surface area contributed by atoms with E-state index in [-0.39, 0.29) is 12.2 Å². The van der Waals surface area contributed by atoms with Crippen LogP contribution in [-0.2, 0) is 13.0 Å². The van der Waals surface area contributed by atoms with E-state index >= 15 is 0 Å². The summed E-state index contributed by atoms with van der Waals surface area (Å²) in [7, 11) is 0. The van der Waals surface area contributed by atoms with Crippen molar-refractivity contribution in [2.75, 3.05) is 11.4 Å². The Balaban J connectivity index is 2.04. The number of nitrogens with zero attached hydrogens (tertiary/aromatic N) is 2. The van der Waals surface area contributed by atoms with E-state index < -0.39 is 35.6 Å². The highest BCUT2D eigenvalue weighted by Crippen LogP contribution is 2.35. The van der Waals surface area contributed by atoms with Gasteiger partial charge in [0.1, 0.15) is 17.9 Å². The third-order valence-corrected chi connectivity index (χ3v) is 4.45. The topological polar surface area (TPSA) is 42.3 Å². The molecule has 0 radical (unpaired) electrons. The molecule has 0 unspecified atom stereocenters. The van der Waals surface area contributed by atoms with Crippen LogP contribution in [0, 0.1) is 5.82 Å². The number of carbonyl (C=O) groups is 1. The average molecular weight is 389 g/mol. The van der Waals surface area contributed by atoms with Crippen molar-refractivity contribution in [1.82, 2.24) is 4.57 Å². The van der Waals surface area contributed by atoms with E-state index in [1.54, 1.807) is 0 Å². The Labute approximate surface area is 150 Å². The summed E-state index contributed by atoms with van der Waals surface area (Å²) in [6, 6.07) is 4.80. The lowest BCUT2D eigenvalue weighted by atomic mass is 10.0. The Bertz CT molecular complexity index is 924. The van der Waals surface area contributed by atoms with Gasteiger partial charge >= 0.3 is 6.18 Å². The molecule has 1 aliphatic rings. The minimum absolute atomic E-state index is 0.0284. The second kappa shape index (κ2) is 6.75. The highest BCUT2D eigenvalue weighted by Gasteiger charge is 2.32. The zero-order valence-corrected chi connectivity index (χ0v) is 14.1. The lowest BCUT2D eigenvalue weighted by molar-refractivity contribution is -0.141. The summed E-state index contributed by atoms with van der Waals surface area (Å²) in [5, 5.41) is 0.293. The van der Waals surface area contributed by atoms with Crippen LogP contribution in [0.5, 0.6) is 0 Å². The fourth-order valence-corrected chi connectivity index (χ4v) is 3.25. The molecule has 0 N–H and O–H groups in total. The smallest absolute Gasteiger partial charge is 0.306 e. The molecule has 0 bridgehead atoms. The number of hydrogen-bond donors (Lipinski definition) is 0. The van der Waals surface area contributed by atoms with Gasteiger partial charge < -0.3 is 9.47 Å². The van der Waals surface area contributed by atoms with Gasteiger partial charge in [-0.1, -0.05) is 11.6 Å². The second-order valence-corrected chi connectivity index (χ2v) is 6.29. The molecule has 1 aliphatic heterocycles. The number of alkyl halides is 3. The van der Waals surface area contributed by atoms with E-state index in [1.165, 1.54) is 12.1 Å². The number of carbonyl (C=O) groups excluding carboxylic acids is 1. The van der Waals surface area contributed by atoms with Crippen LogP contribution in [0.25, 0.3) is 0 Å². The fraction of sp³-hybridized carbons (Fsp3) is 0.294. The van der Waals surface area contributed by atoms with Gasteiger partial charge in [-0.3, -0.25) is 9.59 Å². The first-order valence-corrected chi connectivity index (χ1v) is 8.12. The predicted molar refractivity (Wildman–Crippen MR) is 88.2 cm³/mol. The first-order valence-electron chi connectivity index (χ1n) is 7.74. The van der Waals surface area contributed by atoms with Crippen LogP contribution in [0.1, 0.15) is 22.3 Å². The maximum Gasteiger partial charge on any atom is 0.406 e. The number of rotatable bonds is 2. The molecule has 3 rings (SSSR count). The van der Waals surface area contributed by atoms with Gasteiger partial charge in [-0.15, -0.1) is 0 Å². The molecule has 0 fully saturated rings. The molecular weight excluding hydrogens is 376 g/mol. The minimum atomic E-state index is -4.61. The maximum atomic E-state index is 14.3. The standard InChI is InChI=1S/C17H13ClF4N2O2/c18-12-5-6-13(19)14-10(12)3-2-8-24(14)16(26)11-4-1-7-23(15(11)25)9-17(20,21)22/h1,4-7H,2-3,8-9H2. The van der Waals surface area contributed by atoms with Crippen LogP contribution in [0.3, 0.4) is 0 Å². The number of amides is 1. The monoisotopic (exact) mass is 388 g/mol. The molecule has 1 amide bonds. The van der Waals surface area contributed by atoms with Crippen molar-refractivity contribution in [1.29, 1.82) is 0 Å². The molecule has 9 heteroatoms. The molecule has 0 aliphatic carbocycles. The van der Waals surface area contributed by atoms with Crippen molar-refractivity contribution in [3.63, 3.8) is 0 Å². The molecule has 0 spiro atoms. The summed E-state index contributed by atoms with van der Waals surface area (Å²) in [6.45, 7) is -1.37. The summed E-state index contributed by atoms with van der Waals surface area (Å²) in [5.74, 6) is -1.53. The molecule has 2 heterocycles. The zero-order valence-electron chi connectivity index (χ0n) is 13.3. The van der Waals surface area contributed by atoms with Crippen LogP contribution in [-0.4, -0.2) is 23.2 Å². The Morgan fingerprint density at radius 3 is 2.65 bits per heavy atom. The number of halogens is 5. The third kappa shape index (κ3) is 3.46. The van der Waals surface area contributed by atoms with Crippen molar-refractivity contribution in [3.05, 3.63) is 62.8 Å². The third-order valence-electron chi connectivity index (χ3n) is 4.10. The number of fused-ring (bicyclic) bond motifs is 1. The predicted octanol–water partition coefficient (Wildman–Crippen LogP) is 3.80. The summed E-state index contributed by atoms with van der Waals surface area (Å²) >= 11 is 6.06. The summed E-state index contributed by atoms with van der Waals surface area (Å²) < 4.78 is 52.5. The second-order valence-electron chi connectivity index (χ2n) is 5.89. The molecule has 138 valence electrons. The average Bonchev–Trinajstić information content (AvgIpc) is 2.58. The number of pyridine rings is 1. The number of aromatic nitrogens is 1. The van der Waals surface area contributed by atoms with Crippen LogP contribution >= 0.6 is 11.6 Å². The first kappa shape index (κ1) is 18.4. The van der Waals surface area contributed by atoms with E-state index in [1.807, 2.05) is 0 Å². The minimum Gasteiger partial charge on any atom is -0.306 e. The largest absolute Gasteiger partial charge is 0.406 e. The number of hydrogen-bond acceptors (Lipinski definition) is 2. The lowest BCUT2D eigenvalue weighted by Crippen LogP contribution is -2.41. The van der Waals surface area contributed by atoms with E-state index in [2.05, 4.69) is 0 Å². The Hall–Kier alpha value is -2.35. The summed E-state index contributed by atoms with van der Waals surface area (Å²) in [4.78, 5) is 26.1. The van der Waals surface area contributed by atoms with E-state index in [4.69, 9.17) is 11.6 Å². The molecule has 1 aromatic carbocycles. The highest BCUT2D eigenvalue weighted by atomic mass is 35.5. The molecule has 2 aromatic rings. The van der Waals surface area contributed by atoms with Crippen LogP contribution in [0.2, 0.25) is 5.02 Å². The molecular formula is C17H13ClF4N2O2. The van der Waals surface area contributed by atoms with E-state index in [0.717, 1.165) is 23.2 Å². The van der Waals surface area contributed by atoms with Gasteiger partial charge in [0, 0.05) is 17.8 Å². The Morgan fingerprint density at radius 1 is 1.23 bits per heavy atom. The van der Waals surface area contributed by atoms with Gasteiger partial charge in [0.25, 0.3) is 11.5 Å². The Kier molecular flexibility index (Phi) is 4.79. The van der Waals surface area contributed by atoms with Crippen molar-refractivity contribution in [2.45, 2.75) is 25.6 Å². The van der Waals surface area contributed by atoms with Gasteiger partial charge in [0.15, 0.2) is 0 Å². The SMILES string of the molecule is O=C(c1cccn(CC(F)(F)F)c1=O)N1CCCc2c(Cl)ccc(F)c21. The van der Waals surface area contributed by atoms with E-state index in [9.17, 15) is 27.2 Å². The zero-order chi connectivity index (χ0) is 19.1. The first-order chi connectivity index (χ1) is 12.2. The van der Waals surface area contributed by atoms with Crippen molar-refractivity contribution in [2.24, 2.45) is 0 Å². The molecule has 1 aromatic heterocycles. The van der Waals surface area contributed by atoms with Crippen molar-refractivity contribution < 1.29 is 22.4 Å². The molecule has 0 atom stereocenters. The molecule has 0 saturated heterocycles. The van der Waals surface area contributed by atoms with E-state index in [0.29, 0.717) is 28.0 Å². The van der Waals surface area contributed by atoms with Gasteiger partial charge in [0.2, 0.25) is 0 Å². The Morgan fingerprint density at radius 2 is 1.96 bits per heavy atom. The van der Waals surface area contributed by atoms with Gasteiger partial charge in [-0.05, 0) is 42.7 Å². The molecule has 0 saturated carbocycles. The summed E-state index contributed by atoms with van der Waals surface area (Å²) in [5.41, 5.74) is -1.12. The van der Waals surface area contributed by atoms with Crippen molar-refractivity contribution in [3.8, 4) is 0 Å². The normalized spacial score (nSPS) is 14.3. The quantitative estimate of drug-likeness (QED) is 0.734. The van der Waals surface area contributed by atoms with Crippen molar-refractivity contribution >= 4 is 23.2 Å². The van der Waals surface area contributed by atoms with Gasteiger partial charge in [-0.2, -0.15) is 13.2 Å². The van der Waals surface area contributed by atoms with Crippen LogP contribution < -0.4 is 10.5 Å². The number of anilines is 1.